The predicted molar refractivity (Wildman–Crippen MR) is 104 cm³/mol. The van der Waals surface area contributed by atoms with E-state index in [0.717, 1.165) is 42.5 Å². The van der Waals surface area contributed by atoms with Crippen molar-refractivity contribution in [2.75, 3.05) is 5.32 Å². The molecule has 1 saturated carbocycles. The first-order valence-corrected chi connectivity index (χ1v) is 10.0. The molecule has 0 atom stereocenters. The standard InChI is InChI=1S/C18H23ClN4O2S/c1-4-12-10(2)26-18(14(12)16(24)21-11-7-5-6-8-11)22-17(25)15-13(19)9-20-23(15)3/h9,11H,4-8H2,1-3H3,(H,21,24)(H,22,25). The van der Waals surface area contributed by atoms with Gasteiger partial charge in [-0.3, -0.25) is 14.3 Å². The number of anilines is 1. The fourth-order valence-corrected chi connectivity index (χ4v) is 4.88. The number of aryl methyl sites for hydroxylation is 2. The summed E-state index contributed by atoms with van der Waals surface area (Å²) in [6.45, 7) is 3.99. The number of rotatable bonds is 5. The summed E-state index contributed by atoms with van der Waals surface area (Å²) in [4.78, 5) is 26.6. The summed E-state index contributed by atoms with van der Waals surface area (Å²) in [5.41, 5.74) is 1.84. The Hall–Kier alpha value is -1.86. The molecule has 8 heteroatoms. The van der Waals surface area contributed by atoms with Gasteiger partial charge in [0, 0.05) is 18.0 Å². The molecule has 2 aromatic rings. The van der Waals surface area contributed by atoms with Crippen LogP contribution in [0.2, 0.25) is 5.02 Å². The SMILES string of the molecule is CCc1c(C)sc(NC(=O)c2c(Cl)cnn2C)c1C(=O)NC1CCCC1. The molecule has 0 spiro atoms. The Bertz CT molecular complexity index is 817. The Morgan fingerprint density at radius 2 is 2.04 bits per heavy atom. The maximum Gasteiger partial charge on any atom is 0.276 e. The van der Waals surface area contributed by atoms with E-state index in [4.69, 9.17) is 11.6 Å². The van der Waals surface area contributed by atoms with Crippen LogP contribution in [0.5, 0.6) is 0 Å². The van der Waals surface area contributed by atoms with Gasteiger partial charge < -0.3 is 10.6 Å². The summed E-state index contributed by atoms with van der Waals surface area (Å²) >= 11 is 7.49. The molecule has 0 unspecified atom stereocenters. The van der Waals surface area contributed by atoms with Gasteiger partial charge in [0.05, 0.1) is 16.8 Å². The Kier molecular flexibility index (Phi) is 5.67. The van der Waals surface area contributed by atoms with Gasteiger partial charge in [-0.25, -0.2) is 0 Å². The van der Waals surface area contributed by atoms with Crippen LogP contribution in [0.3, 0.4) is 0 Å². The quantitative estimate of drug-likeness (QED) is 0.806. The van der Waals surface area contributed by atoms with Crippen molar-refractivity contribution in [2.45, 2.75) is 52.0 Å². The molecule has 2 aromatic heterocycles. The lowest BCUT2D eigenvalue weighted by atomic mass is 10.1. The van der Waals surface area contributed by atoms with Crippen molar-refractivity contribution in [2.24, 2.45) is 7.05 Å². The molecule has 3 rings (SSSR count). The van der Waals surface area contributed by atoms with E-state index in [1.54, 1.807) is 7.05 Å². The van der Waals surface area contributed by atoms with Crippen LogP contribution in [0.4, 0.5) is 5.00 Å². The highest BCUT2D eigenvalue weighted by molar-refractivity contribution is 7.16. The van der Waals surface area contributed by atoms with E-state index in [1.807, 2.05) is 13.8 Å². The molecule has 2 heterocycles. The lowest BCUT2D eigenvalue weighted by molar-refractivity contribution is 0.0938. The molecule has 0 saturated heterocycles. The maximum atomic E-state index is 12.9. The molecule has 0 aromatic carbocycles. The molecule has 0 bridgehead atoms. The van der Waals surface area contributed by atoms with E-state index in [1.165, 1.54) is 22.2 Å². The van der Waals surface area contributed by atoms with E-state index in [9.17, 15) is 9.59 Å². The van der Waals surface area contributed by atoms with E-state index < -0.39 is 0 Å². The highest BCUT2D eigenvalue weighted by Gasteiger charge is 2.26. The Morgan fingerprint density at radius 1 is 1.35 bits per heavy atom. The van der Waals surface area contributed by atoms with Crippen molar-refractivity contribution in [3.05, 3.63) is 32.9 Å². The fourth-order valence-electron chi connectivity index (χ4n) is 3.49. The lowest BCUT2D eigenvalue weighted by Crippen LogP contribution is -2.33. The van der Waals surface area contributed by atoms with Crippen molar-refractivity contribution >= 4 is 39.8 Å². The maximum absolute atomic E-state index is 12.9. The molecule has 2 amide bonds. The number of hydrogen-bond acceptors (Lipinski definition) is 4. The average Bonchev–Trinajstić information content (AvgIpc) is 3.27. The van der Waals surface area contributed by atoms with Crippen molar-refractivity contribution in [3.8, 4) is 0 Å². The molecule has 2 N–H and O–H groups in total. The zero-order valence-electron chi connectivity index (χ0n) is 15.2. The number of carbonyl (C=O) groups is 2. The van der Waals surface area contributed by atoms with Crippen LogP contribution in [-0.4, -0.2) is 27.6 Å². The van der Waals surface area contributed by atoms with Crippen LogP contribution in [0.25, 0.3) is 0 Å². The second-order valence-electron chi connectivity index (χ2n) is 6.57. The second-order valence-corrected chi connectivity index (χ2v) is 8.20. The molecule has 1 aliphatic rings. The summed E-state index contributed by atoms with van der Waals surface area (Å²) in [7, 11) is 1.66. The second kappa shape index (κ2) is 7.80. The van der Waals surface area contributed by atoms with Crippen LogP contribution in [0, 0.1) is 6.92 Å². The molecule has 0 radical (unpaired) electrons. The molecule has 26 heavy (non-hydrogen) atoms. The minimum absolute atomic E-state index is 0.107. The van der Waals surface area contributed by atoms with Gasteiger partial charge in [-0.2, -0.15) is 5.10 Å². The van der Waals surface area contributed by atoms with Gasteiger partial charge in [0.2, 0.25) is 0 Å². The molecular formula is C18H23ClN4O2S. The molecule has 140 valence electrons. The fraction of sp³-hybridized carbons (Fsp3) is 0.500. The van der Waals surface area contributed by atoms with Gasteiger partial charge in [-0.05, 0) is 31.7 Å². The van der Waals surface area contributed by atoms with E-state index in [2.05, 4.69) is 15.7 Å². The van der Waals surface area contributed by atoms with E-state index in [0.29, 0.717) is 10.6 Å². The largest absolute Gasteiger partial charge is 0.349 e. The van der Waals surface area contributed by atoms with E-state index >= 15 is 0 Å². The number of aromatic nitrogens is 2. The number of halogens is 1. The number of nitrogens with one attached hydrogen (secondary N) is 2. The van der Waals surface area contributed by atoms with Crippen molar-refractivity contribution in [1.29, 1.82) is 0 Å². The highest BCUT2D eigenvalue weighted by Crippen LogP contribution is 2.34. The number of nitrogens with zero attached hydrogens (tertiary/aromatic N) is 2. The lowest BCUT2D eigenvalue weighted by Gasteiger charge is -2.14. The number of carbonyl (C=O) groups excluding carboxylic acids is 2. The summed E-state index contributed by atoms with van der Waals surface area (Å²) in [6, 6.07) is 0.225. The van der Waals surface area contributed by atoms with Crippen LogP contribution < -0.4 is 10.6 Å². The van der Waals surface area contributed by atoms with Gasteiger partial charge in [0.15, 0.2) is 0 Å². The summed E-state index contributed by atoms with van der Waals surface area (Å²) in [6.07, 6.45) is 6.50. The Labute approximate surface area is 161 Å². The number of thiophene rings is 1. The molecule has 1 aliphatic carbocycles. The van der Waals surface area contributed by atoms with Crippen molar-refractivity contribution < 1.29 is 9.59 Å². The van der Waals surface area contributed by atoms with Gasteiger partial charge in [0.1, 0.15) is 10.7 Å². The first kappa shape index (κ1) is 18.9. The average molecular weight is 395 g/mol. The van der Waals surface area contributed by atoms with Crippen LogP contribution in [0.15, 0.2) is 6.20 Å². The normalized spacial score (nSPS) is 14.6. The third-order valence-electron chi connectivity index (χ3n) is 4.82. The van der Waals surface area contributed by atoms with Crippen LogP contribution in [0.1, 0.15) is 63.9 Å². The van der Waals surface area contributed by atoms with Crippen LogP contribution >= 0.6 is 22.9 Å². The predicted octanol–water partition coefficient (Wildman–Crippen LogP) is 3.93. The minimum Gasteiger partial charge on any atom is -0.349 e. The molecule has 6 nitrogen and oxygen atoms in total. The van der Waals surface area contributed by atoms with Crippen LogP contribution in [-0.2, 0) is 13.5 Å². The topological polar surface area (TPSA) is 76.0 Å². The van der Waals surface area contributed by atoms with Crippen molar-refractivity contribution in [3.63, 3.8) is 0 Å². The van der Waals surface area contributed by atoms with Gasteiger partial charge in [-0.15, -0.1) is 11.3 Å². The first-order chi connectivity index (χ1) is 12.4. The Morgan fingerprint density at radius 3 is 2.62 bits per heavy atom. The molecule has 1 fully saturated rings. The van der Waals surface area contributed by atoms with E-state index in [-0.39, 0.29) is 28.6 Å². The third kappa shape index (κ3) is 3.64. The number of hydrogen-bond donors (Lipinski definition) is 2. The minimum atomic E-state index is -0.367. The first-order valence-electron chi connectivity index (χ1n) is 8.84. The zero-order valence-corrected chi connectivity index (χ0v) is 16.8. The Balaban J connectivity index is 1.89. The summed E-state index contributed by atoms with van der Waals surface area (Å²) < 4.78 is 1.43. The van der Waals surface area contributed by atoms with Crippen molar-refractivity contribution in [1.82, 2.24) is 15.1 Å². The van der Waals surface area contributed by atoms with Gasteiger partial charge >= 0.3 is 0 Å². The highest BCUT2D eigenvalue weighted by atomic mass is 35.5. The number of amides is 2. The zero-order chi connectivity index (χ0) is 18.8. The summed E-state index contributed by atoms with van der Waals surface area (Å²) in [5, 5.41) is 10.8. The van der Waals surface area contributed by atoms with Gasteiger partial charge in [0.25, 0.3) is 11.8 Å². The monoisotopic (exact) mass is 394 g/mol. The summed E-state index contributed by atoms with van der Waals surface area (Å²) in [5.74, 6) is -0.474. The third-order valence-corrected chi connectivity index (χ3v) is 6.16. The smallest absolute Gasteiger partial charge is 0.276 e. The molecule has 0 aliphatic heterocycles. The van der Waals surface area contributed by atoms with Gasteiger partial charge in [-0.1, -0.05) is 31.4 Å². The molecular weight excluding hydrogens is 372 g/mol.